The molecule has 1 aromatic heterocycles. The Balaban J connectivity index is 1.38. The van der Waals surface area contributed by atoms with E-state index in [0.717, 1.165) is 43.8 Å². The molecule has 4 rings (SSSR count). The van der Waals surface area contributed by atoms with Gasteiger partial charge in [0.05, 0.1) is 24.3 Å². The van der Waals surface area contributed by atoms with Crippen LogP contribution in [0.1, 0.15) is 53.0 Å². The standard InChI is InChI=1S/C23H26ClF3N4O3/c24-18-10-16(9-17(11-18)23(25,26)27)15-34-22(33)30-7-4-8-31-19(13-30)12-20(28-31)21(32)14-29-5-2-1-3-6-29/h9-12H,1-8,13-15H2. The number of halogens is 4. The number of ketones is 1. The molecule has 0 unspecified atom stereocenters. The summed E-state index contributed by atoms with van der Waals surface area (Å²) in [6.07, 6.45) is -1.21. The summed E-state index contributed by atoms with van der Waals surface area (Å²) in [5.41, 5.74) is 0.359. The number of rotatable bonds is 5. The number of nitrogens with zero attached hydrogens (tertiary/aromatic N) is 4. The molecule has 3 heterocycles. The number of aromatic nitrogens is 2. The maximum absolute atomic E-state index is 13.0. The molecule has 2 aromatic rings. The van der Waals surface area contributed by atoms with Gasteiger partial charge < -0.3 is 9.64 Å². The lowest BCUT2D eigenvalue weighted by Gasteiger charge is -2.25. The van der Waals surface area contributed by atoms with Crippen molar-refractivity contribution in [1.82, 2.24) is 19.6 Å². The van der Waals surface area contributed by atoms with Crippen LogP contribution < -0.4 is 0 Å². The molecule has 1 aromatic carbocycles. The lowest BCUT2D eigenvalue weighted by atomic mass is 10.1. The topological polar surface area (TPSA) is 67.7 Å². The molecule has 34 heavy (non-hydrogen) atoms. The summed E-state index contributed by atoms with van der Waals surface area (Å²) in [5, 5.41) is 4.36. The average molecular weight is 499 g/mol. The maximum Gasteiger partial charge on any atom is 0.416 e. The SMILES string of the molecule is O=C(CN1CCCCC1)c1cc2n(n1)CCCN(C(=O)OCc1cc(Cl)cc(C(F)(F)F)c1)C2. The highest BCUT2D eigenvalue weighted by molar-refractivity contribution is 6.30. The molecule has 1 amide bonds. The second kappa shape index (κ2) is 10.4. The van der Waals surface area contributed by atoms with E-state index in [1.54, 1.807) is 10.7 Å². The third-order valence-corrected chi connectivity index (χ3v) is 6.24. The minimum Gasteiger partial charge on any atom is -0.445 e. The zero-order chi connectivity index (χ0) is 24.3. The molecule has 1 saturated heterocycles. The van der Waals surface area contributed by atoms with Gasteiger partial charge in [-0.1, -0.05) is 18.0 Å². The molecule has 2 aliphatic heterocycles. The number of hydrogen-bond acceptors (Lipinski definition) is 5. The summed E-state index contributed by atoms with van der Waals surface area (Å²) >= 11 is 5.80. The number of amides is 1. The molecule has 2 aliphatic rings. The molecule has 0 spiro atoms. The lowest BCUT2D eigenvalue weighted by molar-refractivity contribution is -0.137. The average Bonchev–Trinajstić information content (AvgIpc) is 3.09. The van der Waals surface area contributed by atoms with Crippen LogP contribution in [0.25, 0.3) is 0 Å². The summed E-state index contributed by atoms with van der Waals surface area (Å²) in [7, 11) is 0. The molecule has 0 atom stereocenters. The first-order valence-corrected chi connectivity index (χ1v) is 11.7. The number of piperidine rings is 1. The van der Waals surface area contributed by atoms with Gasteiger partial charge in [0.1, 0.15) is 12.3 Å². The fourth-order valence-corrected chi connectivity index (χ4v) is 4.55. The molecule has 7 nitrogen and oxygen atoms in total. The highest BCUT2D eigenvalue weighted by atomic mass is 35.5. The second-order valence-corrected chi connectivity index (χ2v) is 9.12. The van der Waals surface area contributed by atoms with Crippen molar-refractivity contribution in [3.63, 3.8) is 0 Å². The van der Waals surface area contributed by atoms with Crippen molar-refractivity contribution >= 4 is 23.5 Å². The predicted octanol–water partition coefficient (Wildman–Crippen LogP) is 4.77. The van der Waals surface area contributed by atoms with E-state index in [-0.39, 0.29) is 29.5 Å². The molecular weight excluding hydrogens is 473 g/mol. The van der Waals surface area contributed by atoms with E-state index in [2.05, 4.69) is 10.00 Å². The van der Waals surface area contributed by atoms with E-state index in [4.69, 9.17) is 16.3 Å². The van der Waals surface area contributed by atoms with Gasteiger partial charge in [-0.15, -0.1) is 0 Å². The van der Waals surface area contributed by atoms with Gasteiger partial charge >= 0.3 is 12.3 Å². The van der Waals surface area contributed by atoms with Gasteiger partial charge in [-0.25, -0.2) is 4.79 Å². The quantitative estimate of drug-likeness (QED) is 0.556. The summed E-state index contributed by atoms with van der Waals surface area (Å²) in [5.74, 6) is -0.0435. The molecule has 0 radical (unpaired) electrons. The van der Waals surface area contributed by atoms with Gasteiger partial charge in [0.25, 0.3) is 0 Å². The largest absolute Gasteiger partial charge is 0.445 e. The van der Waals surface area contributed by atoms with Crippen molar-refractivity contribution in [1.29, 1.82) is 0 Å². The fraction of sp³-hybridized carbons (Fsp3) is 0.522. The van der Waals surface area contributed by atoms with E-state index in [1.165, 1.54) is 17.4 Å². The normalized spacial score (nSPS) is 17.2. The van der Waals surface area contributed by atoms with Gasteiger partial charge in [0.2, 0.25) is 0 Å². The Bertz CT molecular complexity index is 1050. The van der Waals surface area contributed by atoms with Gasteiger partial charge in [0, 0.05) is 18.1 Å². The molecule has 0 bridgehead atoms. The summed E-state index contributed by atoms with van der Waals surface area (Å²) in [6.45, 7) is 2.99. The van der Waals surface area contributed by atoms with Crippen LogP contribution in [-0.2, 0) is 30.6 Å². The van der Waals surface area contributed by atoms with Crippen LogP contribution >= 0.6 is 11.6 Å². The number of alkyl halides is 3. The number of ether oxygens (including phenoxy) is 1. The Morgan fingerprint density at radius 1 is 1.00 bits per heavy atom. The molecule has 0 N–H and O–H groups in total. The molecule has 11 heteroatoms. The maximum atomic E-state index is 13.0. The summed E-state index contributed by atoms with van der Waals surface area (Å²) in [6, 6.07) is 4.79. The minimum absolute atomic E-state index is 0.0435. The van der Waals surface area contributed by atoms with E-state index in [1.807, 2.05) is 0 Å². The van der Waals surface area contributed by atoms with Crippen LogP contribution in [-0.4, -0.2) is 57.6 Å². The van der Waals surface area contributed by atoms with Crippen LogP contribution in [0, 0.1) is 0 Å². The van der Waals surface area contributed by atoms with Gasteiger partial charge in [-0.2, -0.15) is 18.3 Å². The summed E-state index contributed by atoms with van der Waals surface area (Å²) in [4.78, 5) is 29.0. The number of hydrogen-bond donors (Lipinski definition) is 0. The minimum atomic E-state index is -4.55. The zero-order valence-electron chi connectivity index (χ0n) is 18.6. The Morgan fingerprint density at radius 3 is 2.50 bits per heavy atom. The molecule has 184 valence electrons. The highest BCUT2D eigenvalue weighted by Gasteiger charge is 2.31. The Labute approximate surface area is 200 Å². The van der Waals surface area contributed by atoms with E-state index in [9.17, 15) is 22.8 Å². The fourth-order valence-electron chi connectivity index (χ4n) is 4.29. The first-order valence-electron chi connectivity index (χ1n) is 11.3. The third-order valence-electron chi connectivity index (χ3n) is 6.02. The number of aryl methyl sites for hydroxylation is 1. The smallest absolute Gasteiger partial charge is 0.416 e. The van der Waals surface area contributed by atoms with Crippen LogP contribution in [0.2, 0.25) is 5.02 Å². The first kappa shape index (κ1) is 24.5. The van der Waals surface area contributed by atoms with Crippen molar-refractivity contribution in [2.24, 2.45) is 0 Å². The Hall–Kier alpha value is -2.59. The number of carbonyl (C=O) groups is 2. The monoisotopic (exact) mass is 498 g/mol. The number of likely N-dealkylation sites (tertiary alicyclic amines) is 1. The predicted molar refractivity (Wildman–Crippen MR) is 119 cm³/mol. The highest BCUT2D eigenvalue weighted by Crippen LogP contribution is 2.32. The number of Topliss-reactive ketones (excluding diaryl/α,β-unsaturated/α-hetero) is 1. The van der Waals surface area contributed by atoms with Gasteiger partial charge in [-0.3, -0.25) is 14.4 Å². The van der Waals surface area contributed by atoms with Crippen molar-refractivity contribution in [2.75, 3.05) is 26.2 Å². The molecule has 1 fully saturated rings. The summed E-state index contributed by atoms with van der Waals surface area (Å²) < 4.78 is 46.0. The van der Waals surface area contributed by atoms with E-state index >= 15 is 0 Å². The second-order valence-electron chi connectivity index (χ2n) is 8.68. The van der Waals surface area contributed by atoms with Crippen LogP contribution in [0.15, 0.2) is 24.3 Å². The first-order chi connectivity index (χ1) is 16.2. The van der Waals surface area contributed by atoms with Crippen LogP contribution in [0.3, 0.4) is 0 Å². The van der Waals surface area contributed by atoms with E-state index < -0.39 is 17.8 Å². The molecule has 0 saturated carbocycles. The third kappa shape index (κ3) is 6.09. The van der Waals surface area contributed by atoms with Crippen LogP contribution in [0.4, 0.5) is 18.0 Å². The number of benzene rings is 1. The van der Waals surface area contributed by atoms with Crippen molar-refractivity contribution in [3.05, 3.63) is 51.8 Å². The zero-order valence-corrected chi connectivity index (χ0v) is 19.4. The number of fused-ring (bicyclic) bond motifs is 1. The molecular formula is C23H26ClF3N4O3. The molecule has 0 aliphatic carbocycles. The van der Waals surface area contributed by atoms with E-state index in [0.29, 0.717) is 31.7 Å². The van der Waals surface area contributed by atoms with Gasteiger partial charge in [-0.05, 0) is 62.2 Å². The Kier molecular flexibility index (Phi) is 7.47. The lowest BCUT2D eigenvalue weighted by Crippen LogP contribution is -2.34. The van der Waals surface area contributed by atoms with Crippen molar-refractivity contribution in [2.45, 2.75) is 51.6 Å². The van der Waals surface area contributed by atoms with Crippen molar-refractivity contribution in [3.8, 4) is 0 Å². The Morgan fingerprint density at radius 2 is 1.76 bits per heavy atom. The van der Waals surface area contributed by atoms with Crippen LogP contribution in [0.5, 0.6) is 0 Å². The van der Waals surface area contributed by atoms with Crippen molar-refractivity contribution < 1.29 is 27.5 Å². The van der Waals surface area contributed by atoms with Gasteiger partial charge in [0.15, 0.2) is 5.78 Å². The number of carbonyl (C=O) groups excluding carboxylic acids is 2.